The fourth-order valence-electron chi connectivity index (χ4n) is 2.14. The topological polar surface area (TPSA) is 72.9 Å². The average Bonchev–Trinajstić information content (AvgIpc) is 2.30. The molecule has 1 amide bonds. The molecule has 2 N–H and O–H groups in total. The van der Waals surface area contributed by atoms with Crippen LogP contribution in [0.1, 0.15) is 20.3 Å². The zero-order valence-corrected chi connectivity index (χ0v) is 12.1. The highest BCUT2D eigenvalue weighted by Gasteiger charge is 2.23. The smallest absolute Gasteiger partial charge is 0.326 e. The van der Waals surface area contributed by atoms with Crippen molar-refractivity contribution in [2.45, 2.75) is 26.3 Å². The van der Waals surface area contributed by atoms with Gasteiger partial charge < -0.3 is 15.3 Å². The first-order valence-corrected chi connectivity index (χ1v) is 6.81. The number of amides is 1. The van der Waals surface area contributed by atoms with Gasteiger partial charge in [0.05, 0.1) is 6.54 Å². The van der Waals surface area contributed by atoms with E-state index in [9.17, 15) is 9.59 Å². The predicted molar refractivity (Wildman–Crippen MR) is 73.0 cm³/mol. The highest BCUT2D eigenvalue weighted by molar-refractivity contribution is 5.84. The normalized spacial score (nSPS) is 19.4. The van der Waals surface area contributed by atoms with Crippen LogP contribution in [0.3, 0.4) is 0 Å². The van der Waals surface area contributed by atoms with Crippen molar-refractivity contribution in [1.82, 2.24) is 15.1 Å². The van der Waals surface area contributed by atoms with Gasteiger partial charge in [0.25, 0.3) is 0 Å². The Morgan fingerprint density at radius 3 is 2.26 bits per heavy atom. The molecule has 0 aromatic heterocycles. The Balaban J connectivity index is 2.38. The summed E-state index contributed by atoms with van der Waals surface area (Å²) in [5.74, 6) is -0.914. The zero-order valence-electron chi connectivity index (χ0n) is 12.1. The lowest BCUT2D eigenvalue weighted by molar-refractivity contribution is -0.142. The zero-order chi connectivity index (χ0) is 14.4. The van der Waals surface area contributed by atoms with Crippen LogP contribution in [-0.4, -0.2) is 72.6 Å². The molecule has 6 heteroatoms. The molecule has 0 aromatic rings. The van der Waals surface area contributed by atoms with E-state index < -0.39 is 12.0 Å². The number of hydrogen-bond donors (Lipinski definition) is 2. The third-order valence-corrected chi connectivity index (χ3v) is 3.30. The molecule has 1 atom stereocenters. The fraction of sp³-hybridized carbons (Fsp3) is 0.846. The maximum absolute atomic E-state index is 11.9. The van der Waals surface area contributed by atoms with E-state index in [2.05, 4.69) is 22.2 Å². The number of carbonyl (C=O) groups excluding carboxylic acids is 1. The van der Waals surface area contributed by atoms with Crippen molar-refractivity contribution in [3.05, 3.63) is 0 Å². The summed E-state index contributed by atoms with van der Waals surface area (Å²) in [5.41, 5.74) is 0. The van der Waals surface area contributed by atoms with Crippen molar-refractivity contribution >= 4 is 11.9 Å². The highest BCUT2D eigenvalue weighted by Crippen LogP contribution is 2.05. The number of likely N-dealkylation sites (N-methyl/N-ethyl adjacent to an activating group) is 1. The van der Waals surface area contributed by atoms with Crippen LogP contribution in [0.2, 0.25) is 0 Å². The Kier molecular flexibility index (Phi) is 6.24. The monoisotopic (exact) mass is 271 g/mol. The number of piperazine rings is 1. The van der Waals surface area contributed by atoms with E-state index in [1.807, 2.05) is 13.8 Å². The molecule has 1 fully saturated rings. The number of carboxylic acids is 1. The van der Waals surface area contributed by atoms with Crippen molar-refractivity contribution in [3.63, 3.8) is 0 Å². The van der Waals surface area contributed by atoms with Crippen LogP contribution in [0, 0.1) is 5.92 Å². The Morgan fingerprint density at radius 2 is 1.79 bits per heavy atom. The van der Waals surface area contributed by atoms with Crippen LogP contribution >= 0.6 is 0 Å². The summed E-state index contributed by atoms with van der Waals surface area (Å²) in [6.45, 7) is 7.78. The second kappa shape index (κ2) is 7.45. The lowest BCUT2D eigenvalue weighted by Crippen LogP contribution is -2.50. The summed E-state index contributed by atoms with van der Waals surface area (Å²) in [7, 11) is 2.06. The van der Waals surface area contributed by atoms with E-state index in [-0.39, 0.29) is 18.4 Å². The second-order valence-corrected chi connectivity index (χ2v) is 5.67. The van der Waals surface area contributed by atoms with Gasteiger partial charge in [-0.3, -0.25) is 9.69 Å². The molecule has 0 aromatic carbocycles. The SMILES string of the molecule is CC(C)CC(NC(=O)CN1CCN(C)CC1)C(=O)O. The van der Waals surface area contributed by atoms with Gasteiger partial charge in [-0.25, -0.2) is 4.79 Å². The summed E-state index contributed by atoms with van der Waals surface area (Å²) >= 11 is 0. The van der Waals surface area contributed by atoms with Gasteiger partial charge in [0, 0.05) is 26.2 Å². The maximum Gasteiger partial charge on any atom is 0.326 e. The van der Waals surface area contributed by atoms with E-state index in [1.54, 1.807) is 0 Å². The molecule has 1 rings (SSSR count). The first kappa shape index (κ1) is 15.9. The highest BCUT2D eigenvalue weighted by atomic mass is 16.4. The molecule has 1 aliphatic heterocycles. The predicted octanol–water partition coefficient (Wildman–Crippen LogP) is -0.151. The van der Waals surface area contributed by atoms with Gasteiger partial charge in [0.2, 0.25) is 5.91 Å². The first-order valence-electron chi connectivity index (χ1n) is 6.81. The van der Waals surface area contributed by atoms with Crippen molar-refractivity contribution < 1.29 is 14.7 Å². The molecular weight excluding hydrogens is 246 g/mol. The molecule has 110 valence electrons. The van der Waals surface area contributed by atoms with Gasteiger partial charge in [0.15, 0.2) is 0 Å². The Labute approximate surface area is 114 Å². The lowest BCUT2D eigenvalue weighted by atomic mass is 10.0. The van der Waals surface area contributed by atoms with Crippen molar-refractivity contribution in [3.8, 4) is 0 Å². The molecular formula is C13H25N3O3. The molecule has 0 bridgehead atoms. The molecule has 0 aliphatic carbocycles. The summed E-state index contributed by atoms with van der Waals surface area (Å²) < 4.78 is 0. The van der Waals surface area contributed by atoms with E-state index in [4.69, 9.17) is 5.11 Å². The number of carboxylic acid groups (broad SMARTS) is 1. The number of nitrogens with one attached hydrogen (secondary N) is 1. The number of nitrogens with zero attached hydrogens (tertiary/aromatic N) is 2. The second-order valence-electron chi connectivity index (χ2n) is 5.67. The number of carbonyl (C=O) groups is 2. The van der Waals surface area contributed by atoms with E-state index in [0.29, 0.717) is 6.42 Å². The largest absolute Gasteiger partial charge is 0.480 e. The molecule has 1 heterocycles. The maximum atomic E-state index is 11.9. The summed E-state index contributed by atoms with van der Waals surface area (Å²) in [4.78, 5) is 27.2. The van der Waals surface area contributed by atoms with Crippen LogP contribution in [0.4, 0.5) is 0 Å². The van der Waals surface area contributed by atoms with Crippen LogP contribution in [0.5, 0.6) is 0 Å². The molecule has 1 aliphatic rings. The van der Waals surface area contributed by atoms with Gasteiger partial charge >= 0.3 is 5.97 Å². The number of rotatable bonds is 6. The van der Waals surface area contributed by atoms with Gasteiger partial charge in [0.1, 0.15) is 6.04 Å². The molecule has 0 radical (unpaired) electrons. The average molecular weight is 271 g/mol. The Hall–Kier alpha value is -1.14. The van der Waals surface area contributed by atoms with Gasteiger partial charge in [-0.1, -0.05) is 13.8 Å². The summed E-state index contributed by atoms with van der Waals surface area (Å²) in [6.07, 6.45) is 0.462. The Bertz CT molecular complexity index is 312. The minimum Gasteiger partial charge on any atom is -0.480 e. The van der Waals surface area contributed by atoms with Gasteiger partial charge in [-0.15, -0.1) is 0 Å². The number of aliphatic carboxylic acids is 1. The standard InChI is InChI=1S/C13H25N3O3/c1-10(2)8-11(13(18)19)14-12(17)9-16-6-4-15(3)5-7-16/h10-11H,4-9H2,1-3H3,(H,14,17)(H,18,19). The van der Waals surface area contributed by atoms with Crippen molar-refractivity contribution in [2.24, 2.45) is 5.92 Å². The van der Waals surface area contributed by atoms with E-state index >= 15 is 0 Å². The van der Waals surface area contributed by atoms with Gasteiger partial charge in [-0.2, -0.15) is 0 Å². The lowest BCUT2D eigenvalue weighted by Gasteiger charge is -2.32. The summed E-state index contributed by atoms with van der Waals surface area (Å²) in [5, 5.41) is 11.7. The number of hydrogen-bond acceptors (Lipinski definition) is 4. The van der Waals surface area contributed by atoms with Crippen LogP contribution in [-0.2, 0) is 9.59 Å². The van der Waals surface area contributed by atoms with Crippen molar-refractivity contribution in [2.75, 3.05) is 39.8 Å². The van der Waals surface area contributed by atoms with E-state index in [1.165, 1.54) is 0 Å². The Morgan fingerprint density at radius 1 is 1.21 bits per heavy atom. The fourth-order valence-corrected chi connectivity index (χ4v) is 2.14. The first-order chi connectivity index (χ1) is 8.88. The third kappa shape index (κ3) is 6.02. The van der Waals surface area contributed by atoms with Crippen molar-refractivity contribution in [1.29, 1.82) is 0 Å². The minimum atomic E-state index is -0.958. The molecule has 0 spiro atoms. The van der Waals surface area contributed by atoms with Crippen LogP contribution in [0.25, 0.3) is 0 Å². The van der Waals surface area contributed by atoms with Gasteiger partial charge in [-0.05, 0) is 19.4 Å². The van der Waals surface area contributed by atoms with Crippen LogP contribution < -0.4 is 5.32 Å². The third-order valence-electron chi connectivity index (χ3n) is 3.30. The molecule has 1 saturated heterocycles. The minimum absolute atomic E-state index is 0.197. The molecule has 0 saturated carbocycles. The van der Waals surface area contributed by atoms with Crippen LogP contribution in [0.15, 0.2) is 0 Å². The summed E-state index contributed by atoms with van der Waals surface area (Å²) in [6, 6.07) is -0.778. The molecule has 1 unspecified atom stereocenters. The molecule has 19 heavy (non-hydrogen) atoms. The van der Waals surface area contributed by atoms with E-state index in [0.717, 1.165) is 26.2 Å². The molecule has 6 nitrogen and oxygen atoms in total. The quantitative estimate of drug-likeness (QED) is 0.703.